The van der Waals surface area contributed by atoms with Crippen molar-refractivity contribution in [1.29, 1.82) is 0 Å². The van der Waals surface area contributed by atoms with Gasteiger partial charge in [-0.25, -0.2) is 0 Å². The number of rotatable bonds is 5. The van der Waals surface area contributed by atoms with Crippen LogP contribution in [0, 0.1) is 0 Å². The summed E-state index contributed by atoms with van der Waals surface area (Å²) in [6.45, 7) is 1.76. The molecule has 1 aliphatic carbocycles. The van der Waals surface area contributed by atoms with Gasteiger partial charge in [0.15, 0.2) is 0 Å². The first kappa shape index (κ1) is 14.9. The fourth-order valence-electron chi connectivity index (χ4n) is 3.01. The zero-order valence-electron chi connectivity index (χ0n) is 12.1. The van der Waals surface area contributed by atoms with Crippen molar-refractivity contribution in [3.63, 3.8) is 0 Å². The van der Waals surface area contributed by atoms with Crippen LogP contribution in [0.1, 0.15) is 37.7 Å². The number of piperidine rings is 1. The van der Waals surface area contributed by atoms with Crippen molar-refractivity contribution in [2.75, 3.05) is 11.4 Å². The quantitative estimate of drug-likeness (QED) is 0.856. The van der Waals surface area contributed by atoms with Crippen LogP contribution in [-0.2, 0) is 11.3 Å². The van der Waals surface area contributed by atoms with E-state index in [1.807, 2.05) is 0 Å². The lowest BCUT2D eigenvalue weighted by Crippen LogP contribution is -2.48. The first-order chi connectivity index (χ1) is 10.1. The Kier molecular flexibility index (Phi) is 4.50. The SMILES string of the molecule is NC(=O)C1CCCCN1c1cc(Br)ccc1CNC1CC1. The molecule has 1 aliphatic heterocycles. The van der Waals surface area contributed by atoms with Crippen LogP contribution in [0.25, 0.3) is 0 Å². The number of halogens is 1. The van der Waals surface area contributed by atoms with Gasteiger partial charge < -0.3 is 16.0 Å². The predicted molar refractivity (Wildman–Crippen MR) is 88.2 cm³/mol. The molecule has 2 fully saturated rings. The molecular weight excluding hydrogens is 330 g/mol. The molecule has 1 aromatic carbocycles. The van der Waals surface area contributed by atoms with Crippen molar-refractivity contribution in [3.8, 4) is 0 Å². The molecular formula is C16H22BrN3O. The van der Waals surface area contributed by atoms with Crippen LogP contribution < -0.4 is 16.0 Å². The number of anilines is 1. The Bertz CT molecular complexity index is 530. The third-order valence-electron chi connectivity index (χ3n) is 4.35. The molecule has 3 N–H and O–H groups in total. The van der Waals surface area contributed by atoms with Gasteiger partial charge in [0, 0.05) is 29.3 Å². The molecule has 0 radical (unpaired) electrons. The van der Waals surface area contributed by atoms with Crippen molar-refractivity contribution in [1.82, 2.24) is 5.32 Å². The summed E-state index contributed by atoms with van der Waals surface area (Å²) in [7, 11) is 0. The Hall–Kier alpha value is -1.07. The standard InChI is InChI=1S/C16H22BrN3O/c17-12-5-4-11(10-19-13-6-7-13)15(9-12)20-8-2-1-3-14(20)16(18)21/h4-5,9,13-14,19H,1-3,6-8,10H2,(H2,18,21). The van der Waals surface area contributed by atoms with E-state index >= 15 is 0 Å². The van der Waals surface area contributed by atoms with E-state index in [-0.39, 0.29) is 11.9 Å². The van der Waals surface area contributed by atoms with Gasteiger partial charge in [0.2, 0.25) is 5.91 Å². The van der Waals surface area contributed by atoms with Crippen LogP contribution in [-0.4, -0.2) is 24.5 Å². The van der Waals surface area contributed by atoms with E-state index in [4.69, 9.17) is 5.73 Å². The molecule has 0 aromatic heterocycles. The first-order valence-electron chi connectivity index (χ1n) is 7.73. The maximum atomic E-state index is 11.8. The van der Waals surface area contributed by atoms with E-state index in [0.717, 1.165) is 42.5 Å². The number of benzene rings is 1. The third kappa shape index (κ3) is 3.58. The molecule has 2 aliphatic rings. The van der Waals surface area contributed by atoms with Gasteiger partial charge in [0.05, 0.1) is 0 Å². The smallest absolute Gasteiger partial charge is 0.240 e. The van der Waals surface area contributed by atoms with Crippen LogP contribution in [0.4, 0.5) is 5.69 Å². The van der Waals surface area contributed by atoms with Gasteiger partial charge >= 0.3 is 0 Å². The van der Waals surface area contributed by atoms with Gasteiger partial charge in [-0.1, -0.05) is 22.0 Å². The normalized spacial score (nSPS) is 22.3. The summed E-state index contributed by atoms with van der Waals surface area (Å²) in [5.41, 5.74) is 8.00. The Morgan fingerprint density at radius 2 is 2.14 bits per heavy atom. The summed E-state index contributed by atoms with van der Waals surface area (Å²) in [6, 6.07) is 6.83. The number of primary amides is 1. The number of nitrogens with zero attached hydrogens (tertiary/aromatic N) is 1. The number of nitrogens with one attached hydrogen (secondary N) is 1. The minimum Gasteiger partial charge on any atom is -0.368 e. The number of carbonyl (C=O) groups is 1. The second kappa shape index (κ2) is 6.36. The zero-order valence-corrected chi connectivity index (χ0v) is 13.7. The largest absolute Gasteiger partial charge is 0.368 e. The fourth-order valence-corrected chi connectivity index (χ4v) is 3.36. The molecule has 0 bridgehead atoms. The zero-order chi connectivity index (χ0) is 14.8. The molecule has 1 saturated carbocycles. The molecule has 0 spiro atoms. The highest BCUT2D eigenvalue weighted by molar-refractivity contribution is 9.10. The van der Waals surface area contributed by atoms with Gasteiger partial charge in [0.25, 0.3) is 0 Å². The van der Waals surface area contributed by atoms with Crippen molar-refractivity contribution in [3.05, 3.63) is 28.2 Å². The number of hydrogen-bond donors (Lipinski definition) is 2. The number of carbonyl (C=O) groups excluding carboxylic acids is 1. The summed E-state index contributed by atoms with van der Waals surface area (Å²) >= 11 is 3.55. The van der Waals surface area contributed by atoms with E-state index in [1.165, 1.54) is 18.4 Å². The van der Waals surface area contributed by atoms with Crippen molar-refractivity contribution in [2.45, 2.75) is 50.7 Å². The number of hydrogen-bond acceptors (Lipinski definition) is 3. The van der Waals surface area contributed by atoms with Crippen LogP contribution in [0.2, 0.25) is 0 Å². The minimum absolute atomic E-state index is 0.173. The second-order valence-electron chi connectivity index (χ2n) is 6.04. The molecule has 1 saturated heterocycles. The van der Waals surface area contributed by atoms with E-state index in [9.17, 15) is 4.79 Å². The highest BCUT2D eigenvalue weighted by Gasteiger charge is 2.29. The average molecular weight is 352 g/mol. The minimum atomic E-state index is -0.212. The molecule has 21 heavy (non-hydrogen) atoms. The fraction of sp³-hybridized carbons (Fsp3) is 0.562. The van der Waals surface area contributed by atoms with Crippen LogP contribution in [0.15, 0.2) is 22.7 Å². The average Bonchev–Trinajstić information content (AvgIpc) is 3.30. The van der Waals surface area contributed by atoms with Crippen molar-refractivity contribution < 1.29 is 4.79 Å². The van der Waals surface area contributed by atoms with E-state index in [2.05, 4.69) is 44.3 Å². The van der Waals surface area contributed by atoms with Gasteiger partial charge in [0.1, 0.15) is 6.04 Å². The first-order valence-corrected chi connectivity index (χ1v) is 8.52. The second-order valence-corrected chi connectivity index (χ2v) is 6.95. The third-order valence-corrected chi connectivity index (χ3v) is 4.84. The molecule has 1 amide bonds. The number of nitrogens with two attached hydrogens (primary N) is 1. The molecule has 5 heteroatoms. The van der Waals surface area contributed by atoms with Crippen LogP contribution in [0.5, 0.6) is 0 Å². The topological polar surface area (TPSA) is 58.4 Å². The maximum Gasteiger partial charge on any atom is 0.240 e. The van der Waals surface area contributed by atoms with Gasteiger partial charge in [-0.2, -0.15) is 0 Å². The van der Waals surface area contributed by atoms with E-state index in [0.29, 0.717) is 6.04 Å². The molecule has 1 unspecified atom stereocenters. The van der Waals surface area contributed by atoms with E-state index < -0.39 is 0 Å². The van der Waals surface area contributed by atoms with Crippen molar-refractivity contribution >= 4 is 27.5 Å². The lowest BCUT2D eigenvalue weighted by Gasteiger charge is -2.37. The highest BCUT2D eigenvalue weighted by Crippen LogP contribution is 2.31. The maximum absolute atomic E-state index is 11.8. The summed E-state index contributed by atoms with van der Waals surface area (Å²) in [4.78, 5) is 14.0. The Labute approximate surface area is 134 Å². The summed E-state index contributed by atoms with van der Waals surface area (Å²) in [6.07, 6.45) is 5.61. The molecule has 4 nitrogen and oxygen atoms in total. The van der Waals surface area contributed by atoms with Crippen LogP contribution >= 0.6 is 15.9 Å². The Balaban J connectivity index is 1.86. The van der Waals surface area contributed by atoms with E-state index in [1.54, 1.807) is 0 Å². The molecule has 3 rings (SSSR count). The predicted octanol–water partition coefficient (Wildman–Crippen LogP) is 2.55. The number of amides is 1. The van der Waals surface area contributed by atoms with Gasteiger partial charge in [-0.05, 0) is 49.8 Å². The molecule has 1 aromatic rings. The molecule has 114 valence electrons. The Morgan fingerprint density at radius 3 is 2.86 bits per heavy atom. The Morgan fingerprint density at radius 1 is 1.33 bits per heavy atom. The van der Waals surface area contributed by atoms with Gasteiger partial charge in [-0.3, -0.25) is 4.79 Å². The summed E-state index contributed by atoms with van der Waals surface area (Å²) < 4.78 is 1.04. The summed E-state index contributed by atoms with van der Waals surface area (Å²) in [5.74, 6) is -0.212. The molecule has 1 atom stereocenters. The lowest BCUT2D eigenvalue weighted by atomic mass is 9.99. The van der Waals surface area contributed by atoms with Crippen LogP contribution in [0.3, 0.4) is 0 Å². The monoisotopic (exact) mass is 351 g/mol. The summed E-state index contributed by atoms with van der Waals surface area (Å²) in [5, 5.41) is 3.56. The highest BCUT2D eigenvalue weighted by atomic mass is 79.9. The van der Waals surface area contributed by atoms with Gasteiger partial charge in [-0.15, -0.1) is 0 Å². The lowest BCUT2D eigenvalue weighted by molar-refractivity contribution is -0.119. The van der Waals surface area contributed by atoms with Crippen molar-refractivity contribution in [2.24, 2.45) is 5.73 Å². The molecule has 1 heterocycles.